The number of hydrogen-bond acceptors (Lipinski definition) is 4. The Bertz CT molecular complexity index is 995. The molecule has 0 aliphatic heterocycles. The SMILES string of the molecule is COc1ccc(CN/N=C/c2cc(C)n(-c3cccc(Br)c3)c2C)cc1OC. The Kier molecular flexibility index (Phi) is 6.41. The Morgan fingerprint density at radius 3 is 2.54 bits per heavy atom. The van der Waals surface area contributed by atoms with Crippen molar-refractivity contribution in [1.82, 2.24) is 9.99 Å². The van der Waals surface area contributed by atoms with Gasteiger partial charge >= 0.3 is 0 Å². The van der Waals surface area contributed by atoms with Crippen LogP contribution in [0, 0.1) is 13.8 Å². The highest BCUT2D eigenvalue weighted by Gasteiger charge is 2.09. The minimum absolute atomic E-state index is 0.598. The maximum Gasteiger partial charge on any atom is 0.161 e. The summed E-state index contributed by atoms with van der Waals surface area (Å²) < 4.78 is 13.9. The molecule has 0 amide bonds. The third-order valence-electron chi connectivity index (χ3n) is 4.56. The van der Waals surface area contributed by atoms with Crippen molar-refractivity contribution in [2.75, 3.05) is 14.2 Å². The molecule has 0 saturated heterocycles. The molecule has 1 aromatic heterocycles. The number of halogens is 1. The van der Waals surface area contributed by atoms with Crippen molar-refractivity contribution in [3.63, 3.8) is 0 Å². The van der Waals surface area contributed by atoms with Crippen LogP contribution in [0.5, 0.6) is 11.5 Å². The average Bonchev–Trinajstić information content (AvgIpc) is 2.98. The lowest BCUT2D eigenvalue weighted by atomic mass is 10.2. The van der Waals surface area contributed by atoms with Crippen LogP contribution in [0.4, 0.5) is 0 Å². The van der Waals surface area contributed by atoms with Gasteiger partial charge in [-0.3, -0.25) is 0 Å². The fourth-order valence-electron chi connectivity index (χ4n) is 3.17. The molecule has 0 radical (unpaired) electrons. The van der Waals surface area contributed by atoms with Gasteiger partial charge in [0.15, 0.2) is 11.5 Å². The van der Waals surface area contributed by atoms with E-state index in [0.717, 1.165) is 38.4 Å². The molecule has 3 aromatic rings. The van der Waals surface area contributed by atoms with E-state index in [-0.39, 0.29) is 0 Å². The Morgan fingerprint density at radius 1 is 1.04 bits per heavy atom. The Labute approximate surface area is 174 Å². The van der Waals surface area contributed by atoms with Crippen LogP contribution in [-0.4, -0.2) is 25.0 Å². The predicted molar refractivity (Wildman–Crippen MR) is 117 cm³/mol. The van der Waals surface area contributed by atoms with Crippen LogP contribution >= 0.6 is 15.9 Å². The Morgan fingerprint density at radius 2 is 1.82 bits per heavy atom. The van der Waals surface area contributed by atoms with E-state index in [1.54, 1.807) is 14.2 Å². The molecule has 0 aliphatic rings. The van der Waals surface area contributed by atoms with Crippen LogP contribution in [-0.2, 0) is 6.54 Å². The van der Waals surface area contributed by atoms with Gasteiger partial charge in [-0.1, -0.05) is 28.1 Å². The summed E-state index contributed by atoms with van der Waals surface area (Å²) in [7, 11) is 3.26. The fourth-order valence-corrected chi connectivity index (χ4v) is 3.56. The first-order chi connectivity index (χ1) is 13.5. The van der Waals surface area contributed by atoms with Crippen molar-refractivity contribution < 1.29 is 9.47 Å². The van der Waals surface area contributed by atoms with Crippen LogP contribution in [0.15, 0.2) is 58.1 Å². The van der Waals surface area contributed by atoms with Gasteiger partial charge in [-0.2, -0.15) is 5.10 Å². The van der Waals surface area contributed by atoms with Crippen molar-refractivity contribution in [2.24, 2.45) is 5.10 Å². The minimum atomic E-state index is 0.598. The second-order valence-corrected chi connectivity index (χ2v) is 7.34. The van der Waals surface area contributed by atoms with Gasteiger partial charge in [0.05, 0.1) is 27.0 Å². The highest BCUT2D eigenvalue weighted by molar-refractivity contribution is 9.10. The summed E-state index contributed by atoms with van der Waals surface area (Å²) in [6.45, 7) is 4.80. The zero-order valence-corrected chi connectivity index (χ0v) is 18.1. The fraction of sp³-hybridized carbons (Fsp3) is 0.227. The molecular formula is C22H24BrN3O2. The lowest BCUT2D eigenvalue weighted by Crippen LogP contribution is -2.06. The van der Waals surface area contributed by atoms with Crippen molar-refractivity contribution in [3.8, 4) is 17.2 Å². The minimum Gasteiger partial charge on any atom is -0.493 e. The smallest absolute Gasteiger partial charge is 0.161 e. The molecule has 146 valence electrons. The first-order valence-electron chi connectivity index (χ1n) is 8.95. The van der Waals surface area contributed by atoms with Crippen LogP contribution in [0.3, 0.4) is 0 Å². The van der Waals surface area contributed by atoms with Crippen LogP contribution < -0.4 is 14.9 Å². The van der Waals surface area contributed by atoms with Crippen molar-refractivity contribution in [3.05, 3.63) is 75.5 Å². The number of hydrogen-bond donors (Lipinski definition) is 1. The van der Waals surface area contributed by atoms with E-state index < -0.39 is 0 Å². The largest absolute Gasteiger partial charge is 0.493 e. The summed E-state index contributed by atoms with van der Waals surface area (Å²) >= 11 is 3.54. The molecule has 0 fully saturated rings. The molecule has 5 nitrogen and oxygen atoms in total. The van der Waals surface area contributed by atoms with Crippen molar-refractivity contribution in [2.45, 2.75) is 20.4 Å². The molecule has 1 heterocycles. The zero-order chi connectivity index (χ0) is 20.1. The first-order valence-corrected chi connectivity index (χ1v) is 9.74. The molecule has 0 aliphatic carbocycles. The predicted octanol–water partition coefficient (Wildman–Crippen LogP) is 5.00. The number of nitrogens with zero attached hydrogens (tertiary/aromatic N) is 2. The van der Waals surface area contributed by atoms with Gasteiger partial charge in [-0.25, -0.2) is 0 Å². The van der Waals surface area contributed by atoms with Gasteiger partial charge in [0.2, 0.25) is 0 Å². The van der Waals surface area contributed by atoms with Gasteiger partial charge in [0.1, 0.15) is 0 Å². The molecule has 0 bridgehead atoms. The molecule has 6 heteroatoms. The quantitative estimate of drug-likeness (QED) is 0.414. The molecule has 2 aromatic carbocycles. The molecule has 3 rings (SSSR count). The van der Waals surface area contributed by atoms with Crippen LogP contribution in [0.25, 0.3) is 5.69 Å². The average molecular weight is 442 g/mol. The second kappa shape index (κ2) is 8.97. The van der Waals surface area contributed by atoms with Crippen LogP contribution in [0.2, 0.25) is 0 Å². The number of ether oxygens (including phenoxy) is 2. The normalized spacial score (nSPS) is 11.0. The van der Waals surface area contributed by atoms with Crippen molar-refractivity contribution >= 4 is 22.1 Å². The van der Waals surface area contributed by atoms with Crippen molar-refractivity contribution in [1.29, 1.82) is 0 Å². The van der Waals surface area contributed by atoms with E-state index in [9.17, 15) is 0 Å². The number of hydrazone groups is 1. The number of aromatic nitrogens is 1. The van der Waals surface area contributed by atoms with E-state index in [0.29, 0.717) is 12.3 Å². The topological polar surface area (TPSA) is 47.8 Å². The molecule has 0 unspecified atom stereocenters. The number of rotatable bonds is 7. The summed E-state index contributed by atoms with van der Waals surface area (Å²) in [6, 6.07) is 16.2. The summed E-state index contributed by atoms with van der Waals surface area (Å²) in [6.07, 6.45) is 1.86. The van der Waals surface area contributed by atoms with Gasteiger partial charge in [0.25, 0.3) is 0 Å². The summed E-state index contributed by atoms with van der Waals surface area (Å²) in [5, 5.41) is 4.39. The molecule has 0 spiro atoms. The Hall–Kier alpha value is -2.73. The van der Waals surface area contributed by atoms with E-state index in [1.807, 2.05) is 36.5 Å². The Balaban J connectivity index is 1.71. The van der Waals surface area contributed by atoms with E-state index in [2.05, 4.69) is 63.1 Å². The molecular weight excluding hydrogens is 418 g/mol. The highest BCUT2D eigenvalue weighted by atomic mass is 79.9. The van der Waals surface area contributed by atoms with E-state index in [4.69, 9.17) is 9.47 Å². The third kappa shape index (κ3) is 4.39. The summed E-state index contributed by atoms with van der Waals surface area (Å²) in [5.74, 6) is 1.43. The van der Waals surface area contributed by atoms with Crippen LogP contribution in [0.1, 0.15) is 22.5 Å². The second-order valence-electron chi connectivity index (χ2n) is 6.42. The maximum absolute atomic E-state index is 5.34. The highest BCUT2D eigenvalue weighted by Crippen LogP contribution is 2.27. The number of methoxy groups -OCH3 is 2. The molecule has 28 heavy (non-hydrogen) atoms. The zero-order valence-electron chi connectivity index (χ0n) is 16.5. The summed E-state index contributed by atoms with van der Waals surface area (Å²) in [5.41, 5.74) is 8.68. The van der Waals surface area contributed by atoms with Gasteiger partial charge in [0, 0.05) is 27.1 Å². The first kappa shape index (κ1) is 20.0. The summed E-state index contributed by atoms with van der Waals surface area (Å²) in [4.78, 5) is 0. The number of aryl methyl sites for hydroxylation is 1. The van der Waals surface area contributed by atoms with Gasteiger partial charge in [-0.15, -0.1) is 0 Å². The molecule has 0 atom stereocenters. The monoisotopic (exact) mass is 441 g/mol. The van der Waals surface area contributed by atoms with E-state index >= 15 is 0 Å². The maximum atomic E-state index is 5.34. The lowest BCUT2D eigenvalue weighted by Gasteiger charge is -2.10. The standard InChI is InChI=1S/C22H24BrN3O2/c1-15-10-18(16(2)26(15)20-7-5-6-19(23)12-20)14-25-24-13-17-8-9-21(27-3)22(11-17)28-4/h5-12,14,24H,13H2,1-4H3/b25-14+. The molecule has 1 N–H and O–H groups in total. The lowest BCUT2D eigenvalue weighted by molar-refractivity contribution is 0.354. The third-order valence-corrected chi connectivity index (χ3v) is 5.06. The van der Waals surface area contributed by atoms with E-state index in [1.165, 1.54) is 0 Å². The number of nitrogens with one attached hydrogen (secondary N) is 1. The molecule has 0 saturated carbocycles. The van der Waals surface area contributed by atoms with Gasteiger partial charge in [-0.05, 0) is 55.8 Å². The number of benzene rings is 2. The van der Waals surface area contributed by atoms with Gasteiger partial charge < -0.3 is 19.5 Å².